The van der Waals surface area contributed by atoms with Gasteiger partial charge >= 0.3 is 5.97 Å². The van der Waals surface area contributed by atoms with Crippen molar-refractivity contribution in [1.82, 2.24) is 4.90 Å². The molecule has 2 rings (SSSR count). The van der Waals surface area contributed by atoms with Gasteiger partial charge in [-0.15, -0.1) is 0 Å². The SMILES string of the molecule is CCOC(=O)/C=C1\SCC(=O)N1[C@@H](C)C(=O)Nc1ccc(F)c(F)c1F. The molecule has 1 atom stereocenters. The first-order chi connectivity index (χ1) is 12.3. The maximum absolute atomic E-state index is 13.7. The lowest BCUT2D eigenvalue weighted by Crippen LogP contribution is -2.42. The van der Waals surface area contributed by atoms with E-state index in [1.54, 1.807) is 6.92 Å². The van der Waals surface area contributed by atoms with Crippen molar-refractivity contribution in [3.8, 4) is 0 Å². The zero-order chi connectivity index (χ0) is 19.4. The van der Waals surface area contributed by atoms with Gasteiger partial charge in [0.15, 0.2) is 17.5 Å². The molecular weight excluding hydrogens is 373 g/mol. The zero-order valence-corrected chi connectivity index (χ0v) is 14.7. The van der Waals surface area contributed by atoms with Gasteiger partial charge in [-0.25, -0.2) is 18.0 Å². The summed E-state index contributed by atoms with van der Waals surface area (Å²) in [4.78, 5) is 37.0. The van der Waals surface area contributed by atoms with Crippen LogP contribution in [-0.2, 0) is 19.1 Å². The fourth-order valence-electron chi connectivity index (χ4n) is 2.18. The van der Waals surface area contributed by atoms with Crippen molar-refractivity contribution in [3.05, 3.63) is 40.7 Å². The van der Waals surface area contributed by atoms with Crippen LogP contribution in [0.1, 0.15) is 13.8 Å². The molecule has 26 heavy (non-hydrogen) atoms. The number of amides is 2. The molecule has 10 heteroatoms. The van der Waals surface area contributed by atoms with Gasteiger partial charge < -0.3 is 10.1 Å². The predicted octanol–water partition coefficient (Wildman–Crippen LogP) is 2.41. The Kier molecular flexibility index (Phi) is 6.30. The fourth-order valence-corrected chi connectivity index (χ4v) is 3.17. The predicted molar refractivity (Wildman–Crippen MR) is 88.4 cm³/mol. The van der Waals surface area contributed by atoms with Gasteiger partial charge in [-0.3, -0.25) is 14.5 Å². The van der Waals surface area contributed by atoms with E-state index in [0.717, 1.165) is 28.8 Å². The third-order valence-electron chi connectivity index (χ3n) is 3.44. The number of ether oxygens (including phenoxy) is 1. The fraction of sp³-hybridized carbons (Fsp3) is 0.312. The van der Waals surface area contributed by atoms with E-state index in [4.69, 9.17) is 4.74 Å². The molecule has 1 N–H and O–H groups in total. The number of anilines is 1. The van der Waals surface area contributed by atoms with Crippen LogP contribution in [0.15, 0.2) is 23.2 Å². The van der Waals surface area contributed by atoms with Crippen molar-refractivity contribution < 1.29 is 32.3 Å². The van der Waals surface area contributed by atoms with Gasteiger partial charge in [-0.05, 0) is 26.0 Å². The number of nitrogens with zero attached hydrogens (tertiary/aromatic N) is 1. The Morgan fingerprint density at radius 2 is 2.04 bits per heavy atom. The Hall–Kier alpha value is -2.49. The molecule has 1 aromatic carbocycles. The van der Waals surface area contributed by atoms with Gasteiger partial charge in [-0.2, -0.15) is 0 Å². The first-order valence-corrected chi connectivity index (χ1v) is 8.52. The topological polar surface area (TPSA) is 75.7 Å². The highest BCUT2D eigenvalue weighted by Gasteiger charge is 2.35. The average molecular weight is 388 g/mol. The standard InChI is InChI=1S/C16H15F3N2O4S/c1-3-25-13(23)6-12-21(11(22)7-26-12)8(2)16(24)20-10-5-4-9(17)14(18)15(10)19/h4-6,8H,3,7H2,1-2H3,(H,20,24)/b12-6-/t8-/m0/s1. The van der Waals surface area contributed by atoms with Crippen LogP contribution in [0.2, 0.25) is 0 Å². The van der Waals surface area contributed by atoms with Crippen LogP contribution < -0.4 is 5.32 Å². The second-order valence-electron chi connectivity index (χ2n) is 5.18. The second kappa shape index (κ2) is 8.26. The summed E-state index contributed by atoms with van der Waals surface area (Å²) >= 11 is 1.05. The Labute approximate surface area is 151 Å². The minimum atomic E-state index is -1.72. The first-order valence-electron chi connectivity index (χ1n) is 7.54. The largest absolute Gasteiger partial charge is 0.463 e. The van der Waals surface area contributed by atoms with E-state index in [-0.39, 0.29) is 17.4 Å². The number of thioether (sulfide) groups is 1. The Bertz CT molecular complexity index is 785. The van der Waals surface area contributed by atoms with Crippen LogP contribution in [0.25, 0.3) is 0 Å². The lowest BCUT2D eigenvalue weighted by atomic mass is 10.2. The maximum Gasteiger partial charge on any atom is 0.333 e. The van der Waals surface area contributed by atoms with Crippen molar-refractivity contribution in [2.45, 2.75) is 19.9 Å². The highest BCUT2D eigenvalue weighted by Crippen LogP contribution is 2.31. The smallest absolute Gasteiger partial charge is 0.333 e. The van der Waals surface area contributed by atoms with E-state index in [1.807, 2.05) is 0 Å². The van der Waals surface area contributed by atoms with Crippen LogP contribution >= 0.6 is 11.8 Å². The normalized spacial score (nSPS) is 16.7. The van der Waals surface area contributed by atoms with E-state index >= 15 is 0 Å². The number of halogens is 3. The molecule has 0 unspecified atom stereocenters. The van der Waals surface area contributed by atoms with Gasteiger partial charge in [0.2, 0.25) is 11.8 Å². The third kappa shape index (κ3) is 4.18. The number of hydrogen-bond donors (Lipinski definition) is 1. The van der Waals surface area contributed by atoms with Crippen molar-refractivity contribution in [2.75, 3.05) is 17.7 Å². The molecule has 0 spiro atoms. The van der Waals surface area contributed by atoms with E-state index in [2.05, 4.69) is 5.32 Å². The van der Waals surface area contributed by atoms with E-state index in [1.165, 1.54) is 6.92 Å². The molecule has 0 radical (unpaired) electrons. The molecule has 1 fully saturated rings. The molecule has 0 saturated carbocycles. The van der Waals surface area contributed by atoms with Crippen LogP contribution in [0.5, 0.6) is 0 Å². The highest BCUT2D eigenvalue weighted by molar-refractivity contribution is 8.04. The highest BCUT2D eigenvalue weighted by atomic mass is 32.2. The third-order valence-corrected chi connectivity index (χ3v) is 4.44. The zero-order valence-electron chi connectivity index (χ0n) is 13.8. The monoisotopic (exact) mass is 388 g/mol. The maximum atomic E-state index is 13.7. The van der Waals surface area contributed by atoms with Crippen LogP contribution in [0, 0.1) is 17.5 Å². The molecule has 1 aromatic rings. The number of benzene rings is 1. The lowest BCUT2D eigenvalue weighted by molar-refractivity contribution is -0.137. The van der Waals surface area contributed by atoms with E-state index < -0.39 is 47.0 Å². The molecule has 1 saturated heterocycles. The van der Waals surface area contributed by atoms with Crippen molar-refractivity contribution >= 4 is 35.2 Å². The van der Waals surface area contributed by atoms with Crippen molar-refractivity contribution in [3.63, 3.8) is 0 Å². The Morgan fingerprint density at radius 3 is 2.69 bits per heavy atom. The Balaban J connectivity index is 2.19. The molecule has 1 aliphatic heterocycles. The van der Waals surface area contributed by atoms with Gasteiger partial charge in [-0.1, -0.05) is 11.8 Å². The first kappa shape index (κ1) is 19.8. The van der Waals surface area contributed by atoms with E-state index in [9.17, 15) is 27.6 Å². The molecule has 2 amide bonds. The van der Waals surface area contributed by atoms with Crippen molar-refractivity contribution in [1.29, 1.82) is 0 Å². The van der Waals surface area contributed by atoms with Gasteiger partial charge in [0, 0.05) is 0 Å². The van der Waals surface area contributed by atoms with E-state index in [0.29, 0.717) is 6.07 Å². The molecule has 140 valence electrons. The summed E-state index contributed by atoms with van der Waals surface area (Å²) in [5, 5.41) is 2.32. The number of hydrogen-bond acceptors (Lipinski definition) is 5. The number of esters is 1. The second-order valence-corrected chi connectivity index (χ2v) is 6.17. The average Bonchev–Trinajstić information content (AvgIpc) is 2.95. The van der Waals surface area contributed by atoms with Gasteiger partial charge in [0.05, 0.1) is 29.2 Å². The molecule has 0 aromatic heterocycles. The number of carbonyl (C=O) groups is 3. The minimum absolute atomic E-state index is 0.0163. The van der Waals surface area contributed by atoms with Gasteiger partial charge in [0.25, 0.3) is 0 Å². The molecule has 0 bridgehead atoms. The minimum Gasteiger partial charge on any atom is -0.463 e. The summed E-state index contributed by atoms with van der Waals surface area (Å²) in [5.41, 5.74) is -0.559. The summed E-state index contributed by atoms with van der Waals surface area (Å²) in [6, 6.07) is 0.418. The molecular formula is C16H15F3N2O4S. The van der Waals surface area contributed by atoms with Crippen molar-refractivity contribution in [2.24, 2.45) is 0 Å². The summed E-state index contributed by atoms with van der Waals surface area (Å²) < 4.78 is 44.7. The molecule has 0 aliphatic carbocycles. The number of nitrogens with one attached hydrogen (secondary N) is 1. The summed E-state index contributed by atoms with van der Waals surface area (Å²) in [6.45, 7) is 3.12. The Morgan fingerprint density at radius 1 is 1.35 bits per heavy atom. The number of carbonyl (C=O) groups excluding carboxylic acids is 3. The molecule has 1 aliphatic rings. The quantitative estimate of drug-likeness (QED) is 0.476. The summed E-state index contributed by atoms with van der Waals surface area (Å²) in [5.74, 6) is -6.57. The summed E-state index contributed by atoms with van der Waals surface area (Å²) in [6.07, 6.45) is 1.08. The lowest BCUT2D eigenvalue weighted by Gasteiger charge is -2.24. The van der Waals surface area contributed by atoms with Crippen LogP contribution in [0.3, 0.4) is 0 Å². The molecule has 1 heterocycles. The molecule has 6 nitrogen and oxygen atoms in total. The van der Waals surface area contributed by atoms with Gasteiger partial charge in [0.1, 0.15) is 6.04 Å². The van der Waals surface area contributed by atoms with Crippen LogP contribution in [-0.4, -0.2) is 41.1 Å². The van der Waals surface area contributed by atoms with Crippen LogP contribution in [0.4, 0.5) is 18.9 Å². The number of rotatable bonds is 5. The summed E-state index contributed by atoms with van der Waals surface area (Å²) in [7, 11) is 0.